The summed E-state index contributed by atoms with van der Waals surface area (Å²) in [5, 5.41) is 5.95. The monoisotopic (exact) mass is 254 g/mol. The molecule has 0 atom stereocenters. The molecule has 0 bridgehead atoms. The molecule has 5 heteroatoms. The van der Waals surface area contributed by atoms with Crippen molar-refractivity contribution in [2.24, 2.45) is 0 Å². The SMILES string of the molecule is CCc1nc(CNc2cc(F)cc(F)c2)cs1. The second-order valence-corrected chi connectivity index (χ2v) is 4.54. The summed E-state index contributed by atoms with van der Waals surface area (Å²) in [7, 11) is 0. The smallest absolute Gasteiger partial charge is 0.128 e. The number of hydrogen-bond donors (Lipinski definition) is 1. The van der Waals surface area contributed by atoms with Gasteiger partial charge in [-0.25, -0.2) is 13.8 Å². The summed E-state index contributed by atoms with van der Waals surface area (Å²) in [6.07, 6.45) is 0.902. The second kappa shape index (κ2) is 5.23. The molecule has 0 unspecified atom stereocenters. The molecule has 90 valence electrons. The van der Waals surface area contributed by atoms with Crippen LogP contribution < -0.4 is 5.32 Å². The van der Waals surface area contributed by atoms with E-state index in [0.29, 0.717) is 12.2 Å². The molecule has 0 saturated heterocycles. The molecule has 0 spiro atoms. The van der Waals surface area contributed by atoms with Crippen LogP contribution in [0.25, 0.3) is 0 Å². The number of aryl methyl sites for hydroxylation is 1. The highest BCUT2D eigenvalue weighted by atomic mass is 32.1. The molecule has 0 aliphatic rings. The molecule has 1 aromatic heterocycles. The van der Waals surface area contributed by atoms with Crippen LogP contribution in [0.4, 0.5) is 14.5 Å². The zero-order valence-electron chi connectivity index (χ0n) is 9.34. The van der Waals surface area contributed by atoms with Crippen molar-refractivity contribution in [3.05, 3.63) is 45.9 Å². The van der Waals surface area contributed by atoms with Crippen molar-refractivity contribution in [2.45, 2.75) is 19.9 Å². The van der Waals surface area contributed by atoms with E-state index in [1.807, 2.05) is 12.3 Å². The number of rotatable bonds is 4. The third-order valence-electron chi connectivity index (χ3n) is 2.24. The van der Waals surface area contributed by atoms with E-state index in [0.717, 1.165) is 23.2 Å². The molecule has 2 nitrogen and oxygen atoms in total. The van der Waals surface area contributed by atoms with Gasteiger partial charge in [-0.2, -0.15) is 0 Å². The molecule has 17 heavy (non-hydrogen) atoms. The molecule has 0 aliphatic heterocycles. The van der Waals surface area contributed by atoms with Crippen LogP contribution in [-0.4, -0.2) is 4.98 Å². The Balaban J connectivity index is 2.01. The van der Waals surface area contributed by atoms with Crippen LogP contribution in [0.15, 0.2) is 23.6 Å². The van der Waals surface area contributed by atoms with E-state index in [1.165, 1.54) is 12.1 Å². The van der Waals surface area contributed by atoms with Crippen LogP contribution in [0.1, 0.15) is 17.6 Å². The Bertz CT molecular complexity index is 491. The first-order chi connectivity index (χ1) is 8.17. The van der Waals surface area contributed by atoms with Gasteiger partial charge in [0, 0.05) is 17.1 Å². The van der Waals surface area contributed by atoms with Crippen LogP contribution in [0.5, 0.6) is 0 Å². The number of hydrogen-bond acceptors (Lipinski definition) is 3. The molecule has 0 aliphatic carbocycles. The molecule has 0 radical (unpaired) electrons. The lowest BCUT2D eigenvalue weighted by molar-refractivity contribution is 0.584. The quantitative estimate of drug-likeness (QED) is 0.901. The van der Waals surface area contributed by atoms with Crippen LogP contribution in [0, 0.1) is 11.6 Å². The molecule has 1 aromatic carbocycles. The zero-order valence-corrected chi connectivity index (χ0v) is 10.2. The van der Waals surface area contributed by atoms with E-state index in [-0.39, 0.29) is 0 Å². The lowest BCUT2D eigenvalue weighted by Crippen LogP contribution is -2.00. The second-order valence-electron chi connectivity index (χ2n) is 3.60. The summed E-state index contributed by atoms with van der Waals surface area (Å²) in [4.78, 5) is 4.36. The van der Waals surface area contributed by atoms with E-state index >= 15 is 0 Å². The van der Waals surface area contributed by atoms with Crippen LogP contribution in [-0.2, 0) is 13.0 Å². The van der Waals surface area contributed by atoms with E-state index in [9.17, 15) is 8.78 Å². The van der Waals surface area contributed by atoms with Gasteiger partial charge in [0.15, 0.2) is 0 Å². The predicted octanol–water partition coefficient (Wildman–Crippen LogP) is 3.60. The molecule has 2 rings (SSSR count). The third-order valence-corrected chi connectivity index (χ3v) is 3.28. The van der Waals surface area contributed by atoms with Gasteiger partial charge in [0.25, 0.3) is 0 Å². The lowest BCUT2D eigenvalue weighted by Gasteiger charge is -2.04. The van der Waals surface area contributed by atoms with E-state index in [2.05, 4.69) is 10.3 Å². The van der Waals surface area contributed by atoms with Gasteiger partial charge < -0.3 is 5.32 Å². The van der Waals surface area contributed by atoms with Crippen molar-refractivity contribution >= 4 is 17.0 Å². The maximum atomic E-state index is 12.9. The van der Waals surface area contributed by atoms with Crippen molar-refractivity contribution in [3.8, 4) is 0 Å². The summed E-state index contributed by atoms with van der Waals surface area (Å²) >= 11 is 1.59. The summed E-state index contributed by atoms with van der Waals surface area (Å²) < 4.78 is 25.8. The third kappa shape index (κ3) is 3.23. The number of aromatic nitrogens is 1. The Morgan fingerprint density at radius 2 is 1.94 bits per heavy atom. The molecule has 2 aromatic rings. The maximum absolute atomic E-state index is 12.9. The largest absolute Gasteiger partial charge is 0.379 e. The summed E-state index contributed by atoms with van der Waals surface area (Å²) in [6.45, 7) is 2.51. The van der Waals surface area contributed by atoms with Gasteiger partial charge in [-0.3, -0.25) is 0 Å². The fourth-order valence-corrected chi connectivity index (χ4v) is 2.19. The van der Waals surface area contributed by atoms with Crippen molar-refractivity contribution in [1.82, 2.24) is 4.98 Å². The van der Waals surface area contributed by atoms with E-state index in [4.69, 9.17) is 0 Å². The topological polar surface area (TPSA) is 24.9 Å². The minimum Gasteiger partial charge on any atom is -0.379 e. The lowest BCUT2D eigenvalue weighted by atomic mass is 10.3. The van der Waals surface area contributed by atoms with Crippen LogP contribution >= 0.6 is 11.3 Å². The van der Waals surface area contributed by atoms with Crippen molar-refractivity contribution in [1.29, 1.82) is 0 Å². The summed E-state index contributed by atoms with van der Waals surface area (Å²) in [5.74, 6) is -1.17. The first-order valence-electron chi connectivity index (χ1n) is 5.30. The average Bonchev–Trinajstić information content (AvgIpc) is 2.73. The Labute approximate surface area is 102 Å². The molecule has 0 saturated carbocycles. The molecule has 0 amide bonds. The number of nitrogens with zero attached hydrogens (tertiary/aromatic N) is 1. The number of anilines is 1. The van der Waals surface area contributed by atoms with Gasteiger partial charge in [-0.05, 0) is 18.6 Å². The van der Waals surface area contributed by atoms with Crippen molar-refractivity contribution < 1.29 is 8.78 Å². The van der Waals surface area contributed by atoms with Crippen LogP contribution in [0.3, 0.4) is 0 Å². The van der Waals surface area contributed by atoms with E-state index < -0.39 is 11.6 Å². The molecule has 1 heterocycles. The van der Waals surface area contributed by atoms with Crippen LogP contribution in [0.2, 0.25) is 0 Å². The molecule has 0 fully saturated rings. The number of nitrogens with one attached hydrogen (secondary N) is 1. The highest BCUT2D eigenvalue weighted by molar-refractivity contribution is 7.09. The highest BCUT2D eigenvalue weighted by Crippen LogP contribution is 2.15. The Morgan fingerprint density at radius 1 is 1.24 bits per heavy atom. The molecular weight excluding hydrogens is 242 g/mol. The van der Waals surface area contributed by atoms with Gasteiger partial charge in [0.2, 0.25) is 0 Å². The Hall–Kier alpha value is -1.49. The minimum atomic E-state index is -0.583. The van der Waals surface area contributed by atoms with E-state index in [1.54, 1.807) is 11.3 Å². The number of benzene rings is 1. The fourth-order valence-electron chi connectivity index (χ4n) is 1.44. The molecular formula is C12H12F2N2S. The first kappa shape index (κ1) is 12.0. The fraction of sp³-hybridized carbons (Fsp3) is 0.250. The predicted molar refractivity (Wildman–Crippen MR) is 65.2 cm³/mol. The molecule has 1 N–H and O–H groups in total. The van der Waals surface area contributed by atoms with Gasteiger partial charge >= 0.3 is 0 Å². The van der Waals surface area contributed by atoms with Gasteiger partial charge in [-0.1, -0.05) is 6.92 Å². The first-order valence-corrected chi connectivity index (χ1v) is 6.18. The summed E-state index contributed by atoms with van der Waals surface area (Å²) in [5.41, 5.74) is 1.31. The Morgan fingerprint density at radius 3 is 2.53 bits per heavy atom. The highest BCUT2D eigenvalue weighted by Gasteiger charge is 2.02. The van der Waals surface area contributed by atoms with Crippen molar-refractivity contribution in [2.75, 3.05) is 5.32 Å². The standard InChI is InChI=1S/C12H12F2N2S/c1-2-12-16-11(7-17-12)6-15-10-4-8(13)3-9(14)5-10/h3-5,7,15H,2,6H2,1H3. The number of halogens is 2. The maximum Gasteiger partial charge on any atom is 0.128 e. The summed E-state index contributed by atoms with van der Waals surface area (Å²) in [6, 6.07) is 3.37. The van der Waals surface area contributed by atoms with Gasteiger partial charge in [-0.15, -0.1) is 11.3 Å². The average molecular weight is 254 g/mol. The van der Waals surface area contributed by atoms with Gasteiger partial charge in [0.1, 0.15) is 11.6 Å². The van der Waals surface area contributed by atoms with Gasteiger partial charge in [0.05, 0.1) is 17.2 Å². The zero-order chi connectivity index (χ0) is 12.3. The van der Waals surface area contributed by atoms with Crippen molar-refractivity contribution in [3.63, 3.8) is 0 Å². The number of thiazole rings is 1. The normalized spacial score (nSPS) is 10.5. The minimum absolute atomic E-state index is 0.425. The Kier molecular flexibility index (Phi) is 3.68.